The lowest BCUT2D eigenvalue weighted by molar-refractivity contribution is 0.0883. The highest BCUT2D eigenvalue weighted by atomic mass is 16.3. The first kappa shape index (κ1) is 10.6. The van der Waals surface area contributed by atoms with Gasteiger partial charge in [-0.15, -0.1) is 0 Å². The average molecular weight is 238 g/mol. The summed E-state index contributed by atoms with van der Waals surface area (Å²) < 4.78 is 0. The van der Waals surface area contributed by atoms with Crippen LogP contribution < -0.4 is 0 Å². The van der Waals surface area contributed by atoms with Gasteiger partial charge in [0.15, 0.2) is 0 Å². The monoisotopic (exact) mass is 238 g/mol. The van der Waals surface area contributed by atoms with E-state index >= 15 is 0 Å². The lowest BCUT2D eigenvalue weighted by Crippen LogP contribution is -2.25. The summed E-state index contributed by atoms with van der Waals surface area (Å²) in [6, 6.07) is 10.1. The van der Waals surface area contributed by atoms with Crippen LogP contribution in [0.3, 0.4) is 0 Å². The minimum absolute atomic E-state index is 0.303. The van der Waals surface area contributed by atoms with Crippen molar-refractivity contribution in [3.8, 4) is 0 Å². The van der Waals surface area contributed by atoms with E-state index in [9.17, 15) is 5.11 Å². The second kappa shape index (κ2) is 3.83. The molecule has 1 nitrogen and oxygen atoms in total. The maximum atomic E-state index is 10.6. The summed E-state index contributed by atoms with van der Waals surface area (Å²) in [4.78, 5) is 0. The van der Waals surface area contributed by atoms with Crippen molar-refractivity contribution in [1.29, 1.82) is 0 Å². The number of allylic oxidation sites excluding steroid dienone is 3. The number of rotatable bonds is 2. The molecule has 6 unspecified atom stereocenters. The van der Waals surface area contributed by atoms with Gasteiger partial charge in [-0.25, -0.2) is 0 Å². The van der Waals surface area contributed by atoms with Gasteiger partial charge in [0.1, 0.15) is 0 Å². The molecule has 1 fully saturated rings. The van der Waals surface area contributed by atoms with E-state index in [4.69, 9.17) is 0 Å². The third-order valence-corrected chi connectivity index (χ3v) is 5.09. The Morgan fingerprint density at radius 1 is 0.944 bits per heavy atom. The van der Waals surface area contributed by atoms with Gasteiger partial charge in [0.05, 0.1) is 6.10 Å². The standard InChI is InChI=1S/C17H18O/c18-17(11-4-2-1-3-5-11)15-9-8-14-12-6-7-13(10-12)16(14)15/h1-9,12-18H,10H2. The predicted molar refractivity (Wildman–Crippen MR) is 71.7 cm³/mol. The molecule has 0 saturated heterocycles. The number of aliphatic hydroxyl groups is 1. The fraction of sp³-hybridized carbons (Fsp3) is 0.412. The van der Waals surface area contributed by atoms with Crippen LogP contribution in [0, 0.1) is 29.6 Å². The zero-order valence-electron chi connectivity index (χ0n) is 10.3. The number of aliphatic hydroxyl groups excluding tert-OH is 1. The van der Waals surface area contributed by atoms with Gasteiger partial charge in [-0.05, 0) is 35.7 Å². The Morgan fingerprint density at radius 2 is 1.72 bits per heavy atom. The summed E-state index contributed by atoms with van der Waals surface area (Å²) in [6.07, 6.45) is 10.3. The maximum Gasteiger partial charge on any atom is 0.0855 e. The molecule has 3 aliphatic rings. The van der Waals surface area contributed by atoms with Crippen LogP contribution in [0.25, 0.3) is 0 Å². The van der Waals surface area contributed by atoms with Crippen molar-refractivity contribution in [2.24, 2.45) is 29.6 Å². The van der Waals surface area contributed by atoms with E-state index in [0.29, 0.717) is 23.7 Å². The molecule has 3 aliphatic carbocycles. The summed E-state index contributed by atoms with van der Waals surface area (Å²) >= 11 is 0. The molecule has 2 bridgehead atoms. The molecule has 4 rings (SSSR count). The molecule has 1 N–H and O–H groups in total. The maximum absolute atomic E-state index is 10.6. The third kappa shape index (κ3) is 1.37. The average Bonchev–Trinajstić information content (AvgIpc) is 3.11. The summed E-state index contributed by atoms with van der Waals surface area (Å²) in [5, 5.41) is 10.6. The molecule has 0 aliphatic heterocycles. The van der Waals surface area contributed by atoms with Crippen LogP contribution in [0.1, 0.15) is 18.1 Å². The van der Waals surface area contributed by atoms with E-state index in [1.807, 2.05) is 30.3 Å². The van der Waals surface area contributed by atoms with E-state index in [0.717, 1.165) is 11.5 Å². The molecule has 0 heterocycles. The van der Waals surface area contributed by atoms with Crippen LogP contribution in [0.15, 0.2) is 54.6 Å². The number of hydrogen-bond acceptors (Lipinski definition) is 1. The lowest BCUT2D eigenvalue weighted by Gasteiger charge is -2.29. The fourth-order valence-corrected chi connectivity index (χ4v) is 4.28. The Kier molecular flexibility index (Phi) is 2.25. The highest BCUT2D eigenvalue weighted by molar-refractivity contribution is 5.28. The van der Waals surface area contributed by atoms with Gasteiger partial charge in [0, 0.05) is 5.92 Å². The van der Waals surface area contributed by atoms with Crippen LogP contribution in [-0.4, -0.2) is 5.11 Å². The van der Waals surface area contributed by atoms with Crippen molar-refractivity contribution in [1.82, 2.24) is 0 Å². The first-order chi connectivity index (χ1) is 8.84. The van der Waals surface area contributed by atoms with Gasteiger partial charge in [0.2, 0.25) is 0 Å². The van der Waals surface area contributed by atoms with Crippen molar-refractivity contribution in [3.05, 3.63) is 60.2 Å². The van der Waals surface area contributed by atoms with Crippen LogP contribution >= 0.6 is 0 Å². The minimum atomic E-state index is -0.342. The number of benzene rings is 1. The van der Waals surface area contributed by atoms with Gasteiger partial charge >= 0.3 is 0 Å². The normalized spacial score (nSPS) is 41.3. The Bertz CT molecular complexity index is 502. The zero-order valence-corrected chi connectivity index (χ0v) is 10.3. The molecule has 6 atom stereocenters. The Morgan fingerprint density at radius 3 is 2.56 bits per heavy atom. The van der Waals surface area contributed by atoms with Crippen LogP contribution in [0.4, 0.5) is 0 Å². The van der Waals surface area contributed by atoms with Gasteiger partial charge in [-0.2, -0.15) is 0 Å². The van der Waals surface area contributed by atoms with Crippen molar-refractivity contribution < 1.29 is 5.11 Å². The van der Waals surface area contributed by atoms with Gasteiger partial charge in [-0.3, -0.25) is 0 Å². The van der Waals surface area contributed by atoms with Crippen molar-refractivity contribution in [3.63, 3.8) is 0 Å². The SMILES string of the molecule is OC(c1ccccc1)C1C=CC2C3C=CC(C3)C21. The molecular formula is C17H18O. The second-order valence-corrected chi connectivity index (χ2v) is 5.92. The van der Waals surface area contributed by atoms with Crippen molar-refractivity contribution >= 4 is 0 Å². The number of fused-ring (bicyclic) bond motifs is 5. The van der Waals surface area contributed by atoms with E-state index in [-0.39, 0.29) is 6.10 Å². The highest BCUT2D eigenvalue weighted by Gasteiger charge is 2.50. The van der Waals surface area contributed by atoms with Crippen LogP contribution in [-0.2, 0) is 0 Å². The van der Waals surface area contributed by atoms with Gasteiger partial charge in [-0.1, -0.05) is 54.6 Å². The summed E-state index contributed by atoms with van der Waals surface area (Å²) in [5.41, 5.74) is 1.06. The topological polar surface area (TPSA) is 20.2 Å². The Balaban J connectivity index is 1.63. The van der Waals surface area contributed by atoms with Crippen LogP contribution in [0.2, 0.25) is 0 Å². The summed E-state index contributed by atoms with van der Waals surface area (Å²) in [7, 11) is 0. The summed E-state index contributed by atoms with van der Waals surface area (Å²) in [6.45, 7) is 0. The van der Waals surface area contributed by atoms with E-state index in [1.165, 1.54) is 6.42 Å². The number of hydrogen-bond donors (Lipinski definition) is 1. The molecule has 0 amide bonds. The largest absolute Gasteiger partial charge is 0.388 e. The molecule has 18 heavy (non-hydrogen) atoms. The Labute approximate surface area is 108 Å². The smallest absolute Gasteiger partial charge is 0.0855 e. The third-order valence-electron chi connectivity index (χ3n) is 5.09. The molecule has 1 aromatic rings. The predicted octanol–water partition coefficient (Wildman–Crippen LogP) is 3.34. The minimum Gasteiger partial charge on any atom is -0.388 e. The van der Waals surface area contributed by atoms with E-state index < -0.39 is 0 Å². The fourth-order valence-electron chi connectivity index (χ4n) is 4.28. The lowest BCUT2D eigenvalue weighted by atomic mass is 9.77. The van der Waals surface area contributed by atoms with E-state index in [2.05, 4.69) is 24.3 Å². The van der Waals surface area contributed by atoms with Crippen molar-refractivity contribution in [2.45, 2.75) is 12.5 Å². The molecule has 1 aromatic carbocycles. The molecule has 1 heteroatoms. The molecule has 1 saturated carbocycles. The molecule has 0 aromatic heterocycles. The quantitative estimate of drug-likeness (QED) is 0.783. The molecular weight excluding hydrogens is 220 g/mol. The Hall–Kier alpha value is -1.34. The molecule has 0 spiro atoms. The highest BCUT2D eigenvalue weighted by Crippen LogP contribution is 2.57. The zero-order chi connectivity index (χ0) is 12.1. The second-order valence-electron chi connectivity index (χ2n) is 5.92. The summed E-state index contributed by atoms with van der Waals surface area (Å²) in [5.74, 6) is 3.05. The van der Waals surface area contributed by atoms with E-state index in [1.54, 1.807) is 0 Å². The van der Waals surface area contributed by atoms with Crippen molar-refractivity contribution in [2.75, 3.05) is 0 Å². The van der Waals surface area contributed by atoms with Gasteiger partial charge in [0.25, 0.3) is 0 Å². The van der Waals surface area contributed by atoms with Crippen LogP contribution in [0.5, 0.6) is 0 Å². The first-order valence-corrected chi connectivity index (χ1v) is 6.94. The molecule has 0 radical (unpaired) electrons. The first-order valence-electron chi connectivity index (χ1n) is 6.94. The molecule has 92 valence electrons. The van der Waals surface area contributed by atoms with Gasteiger partial charge < -0.3 is 5.11 Å².